The molecule has 19 heavy (non-hydrogen) atoms. The summed E-state index contributed by atoms with van der Waals surface area (Å²) in [5, 5.41) is 10.1. The van der Waals surface area contributed by atoms with Gasteiger partial charge in [0.2, 0.25) is 0 Å². The van der Waals surface area contributed by atoms with Crippen LogP contribution in [0.1, 0.15) is 5.69 Å². The molecule has 0 bridgehead atoms. The van der Waals surface area contributed by atoms with E-state index in [0.717, 1.165) is 16.0 Å². The maximum absolute atomic E-state index is 10.1. The molecule has 0 atom stereocenters. The molecule has 0 unspecified atom stereocenters. The molecule has 0 fully saturated rings. The fourth-order valence-corrected chi connectivity index (χ4v) is 2.02. The van der Waals surface area contributed by atoms with Gasteiger partial charge in [-0.25, -0.2) is 4.98 Å². The second-order valence-electron chi connectivity index (χ2n) is 4.26. The minimum absolute atomic E-state index is 0.456. The highest BCUT2D eigenvalue weighted by molar-refractivity contribution is 5.66. The summed E-state index contributed by atoms with van der Waals surface area (Å²) in [7, 11) is 0. The fraction of sp³-hybridized carbons (Fsp3) is 0.0667. The van der Waals surface area contributed by atoms with Gasteiger partial charge in [0, 0.05) is 11.8 Å². The zero-order valence-electron chi connectivity index (χ0n) is 10.5. The summed E-state index contributed by atoms with van der Waals surface area (Å²) in [6, 6.07) is 15.3. The molecule has 0 saturated heterocycles. The van der Waals surface area contributed by atoms with Gasteiger partial charge in [-0.2, -0.15) is 4.73 Å². The average molecular weight is 251 g/mol. The number of aromatic nitrogens is 3. The zero-order chi connectivity index (χ0) is 13.2. The molecule has 0 saturated carbocycles. The first-order valence-corrected chi connectivity index (χ1v) is 6.03. The van der Waals surface area contributed by atoms with E-state index in [1.54, 1.807) is 6.20 Å². The topological polar surface area (TPSA) is 50.9 Å². The molecular weight excluding hydrogens is 238 g/mol. The van der Waals surface area contributed by atoms with Gasteiger partial charge in [-0.05, 0) is 19.1 Å². The van der Waals surface area contributed by atoms with Crippen molar-refractivity contribution in [1.29, 1.82) is 0 Å². The number of pyridine rings is 1. The molecule has 0 aliphatic heterocycles. The molecule has 1 N–H and O–H groups in total. The van der Waals surface area contributed by atoms with Crippen molar-refractivity contribution in [2.24, 2.45) is 0 Å². The van der Waals surface area contributed by atoms with Crippen molar-refractivity contribution < 1.29 is 5.21 Å². The van der Waals surface area contributed by atoms with Gasteiger partial charge in [0.1, 0.15) is 5.69 Å². The van der Waals surface area contributed by atoms with Crippen LogP contribution in [-0.4, -0.2) is 19.9 Å². The Morgan fingerprint density at radius 2 is 1.74 bits per heavy atom. The molecule has 3 aromatic rings. The standard InChI is InChI=1S/C15H13N3O/c1-11-14(12-7-3-2-4-8-12)17-15(18(11)19)13-9-5-6-10-16-13/h2-10,19H,1H3. The Hall–Kier alpha value is -2.62. The van der Waals surface area contributed by atoms with Crippen molar-refractivity contribution >= 4 is 0 Å². The molecule has 4 nitrogen and oxygen atoms in total. The van der Waals surface area contributed by atoms with Gasteiger partial charge in [-0.15, -0.1) is 0 Å². The largest absolute Gasteiger partial charge is 0.427 e. The monoisotopic (exact) mass is 251 g/mol. The van der Waals surface area contributed by atoms with E-state index < -0.39 is 0 Å². The highest BCUT2D eigenvalue weighted by Crippen LogP contribution is 2.26. The average Bonchev–Trinajstić information content (AvgIpc) is 2.77. The zero-order valence-corrected chi connectivity index (χ0v) is 10.5. The van der Waals surface area contributed by atoms with E-state index in [4.69, 9.17) is 0 Å². The maximum Gasteiger partial charge on any atom is 0.194 e. The van der Waals surface area contributed by atoms with E-state index >= 15 is 0 Å². The van der Waals surface area contributed by atoms with Gasteiger partial charge in [-0.3, -0.25) is 4.98 Å². The van der Waals surface area contributed by atoms with E-state index in [1.165, 1.54) is 0 Å². The second-order valence-corrected chi connectivity index (χ2v) is 4.26. The summed E-state index contributed by atoms with van der Waals surface area (Å²) in [6.07, 6.45) is 1.68. The van der Waals surface area contributed by atoms with Crippen LogP contribution in [0.4, 0.5) is 0 Å². The van der Waals surface area contributed by atoms with Crippen molar-refractivity contribution in [2.45, 2.75) is 6.92 Å². The van der Waals surface area contributed by atoms with Gasteiger partial charge in [0.15, 0.2) is 5.82 Å². The minimum Gasteiger partial charge on any atom is -0.427 e. The van der Waals surface area contributed by atoms with Crippen LogP contribution >= 0.6 is 0 Å². The van der Waals surface area contributed by atoms with E-state index in [2.05, 4.69) is 9.97 Å². The summed E-state index contributed by atoms with van der Waals surface area (Å²) in [5.41, 5.74) is 3.09. The first-order chi connectivity index (χ1) is 9.27. The van der Waals surface area contributed by atoms with Crippen molar-refractivity contribution in [3.63, 3.8) is 0 Å². The molecule has 3 rings (SSSR count). The van der Waals surface area contributed by atoms with Gasteiger partial charge >= 0.3 is 0 Å². The summed E-state index contributed by atoms with van der Waals surface area (Å²) < 4.78 is 1.09. The molecule has 0 spiro atoms. The van der Waals surface area contributed by atoms with Crippen molar-refractivity contribution in [2.75, 3.05) is 0 Å². The second kappa shape index (κ2) is 4.57. The molecule has 0 radical (unpaired) electrons. The van der Waals surface area contributed by atoms with Crippen molar-refractivity contribution in [1.82, 2.24) is 14.7 Å². The number of rotatable bonds is 2. The van der Waals surface area contributed by atoms with Crippen LogP contribution in [0.25, 0.3) is 22.8 Å². The fourth-order valence-electron chi connectivity index (χ4n) is 2.02. The summed E-state index contributed by atoms with van der Waals surface area (Å²) in [6.45, 7) is 1.84. The Bertz CT molecular complexity index is 630. The Labute approximate surface area is 111 Å². The normalized spacial score (nSPS) is 10.6. The lowest BCUT2D eigenvalue weighted by atomic mass is 10.1. The van der Waals surface area contributed by atoms with Crippen molar-refractivity contribution in [3.05, 3.63) is 60.4 Å². The first-order valence-electron chi connectivity index (χ1n) is 6.03. The van der Waals surface area contributed by atoms with Crippen LogP contribution in [0, 0.1) is 6.92 Å². The predicted molar refractivity (Wildman–Crippen MR) is 72.8 cm³/mol. The van der Waals surface area contributed by atoms with Gasteiger partial charge in [0.25, 0.3) is 0 Å². The molecule has 0 aliphatic carbocycles. The van der Waals surface area contributed by atoms with Crippen LogP contribution in [-0.2, 0) is 0 Å². The number of imidazole rings is 1. The van der Waals surface area contributed by atoms with Gasteiger partial charge in [-0.1, -0.05) is 36.4 Å². The van der Waals surface area contributed by atoms with Gasteiger partial charge < -0.3 is 5.21 Å². The first kappa shape index (κ1) is 11.5. The lowest BCUT2D eigenvalue weighted by Crippen LogP contribution is -1.97. The Balaban J connectivity index is 2.16. The highest BCUT2D eigenvalue weighted by atomic mass is 16.5. The molecule has 2 aromatic heterocycles. The number of hydrogen-bond donors (Lipinski definition) is 1. The Kier molecular flexibility index (Phi) is 2.76. The van der Waals surface area contributed by atoms with Crippen LogP contribution in [0.3, 0.4) is 0 Å². The van der Waals surface area contributed by atoms with E-state index in [1.807, 2.05) is 55.5 Å². The molecule has 0 aliphatic rings. The SMILES string of the molecule is Cc1c(-c2ccccc2)nc(-c2ccccn2)n1O. The van der Waals surface area contributed by atoms with Gasteiger partial charge in [0.05, 0.1) is 11.4 Å². The van der Waals surface area contributed by atoms with E-state index in [0.29, 0.717) is 17.2 Å². The smallest absolute Gasteiger partial charge is 0.194 e. The summed E-state index contributed by atoms with van der Waals surface area (Å²) in [5.74, 6) is 0.456. The quantitative estimate of drug-likeness (QED) is 0.712. The van der Waals surface area contributed by atoms with E-state index in [-0.39, 0.29) is 0 Å². The molecule has 2 heterocycles. The number of nitrogens with zero attached hydrogens (tertiary/aromatic N) is 3. The van der Waals surface area contributed by atoms with Crippen LogP contribution < -0.4 is 0 Å². The molecule has 94 valence electrons. The molecule has 1 aromatic carbocycles. The number of hydrogen-bond acceptors (Lipinski definition) is 3. The third-order valence-corrected chi connectivity index (χ3v) is 3.02. The van der Waals surface area contributed by atoms with Crippen LogP contribution in [0.5, 0.6) is 0 Å². The molecule has 0 amide bonds. The lowest BCUT2D eigenvalue weighted by Gasteiger charge is -2.00. The molecule has 4 heteroatoms. The van der Waals surface area contributed by atoms with Crippen LogP contribution in [0.15, 0.2) is 54.7 Å². The predicted octanol–water partition coefficient (Wildman–Crippen LogP) is 3.16. The minimum atomic E-state index is 0.456. The maximum atomic E-state index is 10.1. The van der Waals surface area contributed by atoms with E-state index in [9.17, 15) is 5.21 Å². The third-order valence-electron chi connectivity index (χ3n) is 3.02. The highest BCUT2D eigenvalue weighted by Gasteiger charge is 2.16. The number of benzene rings is 1. The third kappa shape index (κ3) is 1.97. The van der Waals surface area contributed by atoms with Crippen LogP contribution in [0.2, 0.25) is 0 Å². The summed E-state index contributed by atoms with van der Waals surface area (Å²) >= 11 is 0. The Morgan fingerprint density at radius 3 is 2.42 bits per heavy atom. The molecular formula is C15H13N3O. The van der Waals surface area contributed by atoms with Crippen molar-refractivity contribution in [3.8, 4) is 22.8 Å². The Morgan fingerprint density at radius 1 is 1.00 bits per heavy atom. The lowest BCUT2D eigenvalue weighted by molar-refractivity contribution is 0.184. The summed E-state index contributed by atoms with van der Waals surface area (Å²) in [4.78, 5) is 8.71.